The normalized spacial score (nSPS) is 11.9. The highest BCUT2D eigenvalue weighted by atomic mass is 32.2. The molecule has 0 aliphatic heterocycles. The zero-order valence-corrected chi connectivity index (χ0v) is 32.7. The predicted molar refractivity (Wildman–Crippen MR) is 210 cm³/mol. The van der Waals surface area contributed by atoms with Gasteiger partial charge in [-0.05, 0) is 153 Å². The lowest BCUT2D eigenvalue weighted by atomic mass is 10.3. The zero-order valence-electron chi connectivity index (χ0n) is 30.3. The molecule has 0 aliphatic rings. The van der Waals surface area contributed by atoms with Crippen LogP contribution in [0, 0.1) is 0 Å². The molecule has 0 bridgehead atoms. The Morgan fingerprint density at radius 2 is 0.789 bits per heavy atom. The number of hydrogen-bond acceptors (Lipinski definition) is 12. The number of hydrogen-bond donors (Lipinski definition) is 2. The monoisotopic (exact) mass is 828 g/mol. The Bertz CT molecular complexity index is 2680. The first-order chi connectivity index (χ1) is 27.3. The molecule has 6 aromatic rings. The van der Waals surface area contributed by atoms with Crippen molar-refractivity contribution in [2.45, 2.75) is 36.3 Å². The van der Waals surface area contributed by atoms with Crippen LogP contribution in [0.15, 0.2) is 181 Å². The molecule has 6 aromatic carbocycles. The van der Waals surface area contributed by atoms with Crippen LogP contribution >= 0.6 is 0 Å². The molecule has 6 rings (SSSR count). The van der Waals surface area contributed by atoms with E-state index in [9.17, 15) is 35.5 Å². The zero-order chi connectivity index (χ0) is 40.6. The lowest BCUT2D eigenvalue weighted by Crippen LogP contribution is -2.06. The number of benzene rings is 6. The molecule has 0 saturated carbocycles. The van der Waals surface area contributed by atoms with Gasteiger partial charge in [0.2, 0.25) is 29.5 Å². The van der Waals surface area contributed by atoms with Crippen molar-refractivity contribution < 1.29 is 54.4 Å². The lowest BCUT2D eigenvalue weighted by Gasteiger charge is -2.14. The average molecular weight is 829 g/mol. The Balaban J connectivity index is 1.03. The first-order valence-electron chi connectivity index (χ1n) is 17.3. The molecule has 0 atom stereocenters. The largest absolute Gasteiger partial charge is 0.508 e. The van der Waals surface area contributed by atoms with Crippen molar-refractivity contribution in [3.63, 3.8) is 0 Å². The van der Waals surface area contributed by atoms with Gasteiger partial charge in [0.15, 0.2) is 0 Å². The number of phenols is 2. The molecule has 294 valence electrons. The Hall–Kier alpha value is -6.29. The molecular weight excluding hydrogens is 793 g/mol. The van der Waals surface area contributed by atoms with Gasteiger partial charge in [-0.25, -0.2) is 25.3 Å². The van der Waals surface area contributed by atoms with Crippen molar-refractivity contribution in [3.8, 4) is 40.2 Å². The van der Waals surface area contributed by atoms with Crippen molar-refractivity contribution in [3.05, 3.63) is 152 Å². The molecule has 12 nitrogen and oxygen atoms in total. The van der Waals surface area contributed by atoms with Gasteiger partial charge in [0.05, 0.1) is 31.1 Å². The van der Waals surface area contributed by atoms with Crippen LogP contribution in [0.3, 0.4) is 0 Å². The van der Waals surface area contributed by atoms with Crippen LogP contribution in [0.2, 0.25) is 0 Å². The van der Waals surface area contributed by atoms with E-state index in [0.717, 1.165) is 0 Å². The molecule has 0 spiro atoms. The summed E-state index contributed by atoms with van der Waals surface area (Å²) >= 11 is 0. The van der Waals surface area contributed by atoms with E-state index in [2.05, 4.69) is 0 Å². The highest BCUT2D eigenvalue weighted by molar-refractivity contribution is 7.92. The number of phenolic OH excluding ortho intramolecular Hbond substituents is 2. The second-order valence-corrected chi connectivity index (χ2v) is 18.0. The van der Waals surface area contributed by atoms with Gasteiger partial charge in [-0.1, -0.05) is 0 Å². The predicted octanol–water partition coefficient (Wildman–Crippen LogP) is 7.80. The van der Waals surface area contributed by atoms with Crippen molar-refractivity contribution in [2.75, 3.05) is 19.8 Å². The fraction of sp³-hybridized carbons (Fsp3) is 0.0952. The molecule has 0 amide bonds. The average Bonchev–Trinajstić information content (AvgIpc) is 3.20. The molecule has 0 aromatic heterocycles. The van der Waals surface area contributed by atoms with Gasteiger partial charge in [0.25, 0.3) is 0 Å². The maximum Gasteiger partial charge on any atom is 0.210 e. The molecule has 0 radical (unpaired) electrons. The number of sulfone groups is 3. The summed E-state index contributed by atoms with van der Waals surface area (Å²) in [6.45, 7) is 2.26. The van der Waals surface area contributed by atoms with Gasteiger partial charge in [0.1, 0.15) is 58.4 Å². The van der Waals surface area contributed by atoms with Gasteiger partial charge in [-0.3, -0.25) is 0 Å². The molecule has 0 heterocycles. The van der Waals surface area contributed by atoms with Gasteiger partial charge in [0, 0.05) is 6.07 Å². The quantitative estimate of drug-likeness (QED) is 0.0906. The number of ether oxygens (including phenoxy) is 4. The van der Waals surface area contributed by atoms with Gasteiger partial charge in [-0.2, -0.15) is 0 Å². The van der Waals surface area contributed by atoms with Crippen LogP contribution in [0.25, 0.3) is 0 Å². The van der Waals surface area contributed by atoms with Crippen LogP contribution in [0.1, 0.15) is 6.92 Å². The van der Waals surface area contributed by atoms with Crippen LogP contribution in [0.5, 0.6) is 40.2 Å². The van der Waals surface area contributed by atoms with Crippen molar-refractivity contribution in [2.24, 2.45) is 0 Å². The van der Waals surface area contributed by atoms with Crippen molar-refractivity contribution in [1.82, 2.24) is 0 Å². The van der Waals surface area contributed by atoms with Crippen molar-refractivity contribution >= 4 is 29.5 Å². The molecule has 2 N–H and O–H groups in total. The standard InChI is InChI=1S/C42H36O12S3/c1-2-51-41-29-35(53-28-4-3-27-52-32-9-20-38(21-10-32)55(45,46)36-16-5-30(43)6-17-36)15-26-42(41)57(49,50)40-24-13-34(14-25-40)54-33-11-22-39(23-12-33)56(47,48)37-18-7-31(44)8-19-37/h3-26,29,43-44H,2,27-28H2,1H3/b4-3+. The molecular formula is C42H36O12S3. The number of rotatable bonds is 16. The van der Waals surface area contributed by atoms with Crippen LogP contribution in [0.4, 0.5) is 0 Å². The van der Waals surface area contributed by atoms with Crippen LogP contribution in [-0.2, 0) is 29.5 Å². The first-order valence-corrected chi connectivity index (χ1v) is 21.7. The van der Waals surface area contributed by atoms with E-state index >= 15 is 0 Å². The molecule has 0 fully saturated rings. The summed E-state index contributed by atoms with van der Waals surface area (Å²) < 4.78 is 102. The molecule has 0 unspecified atom stereocenters. The van der Waals surface area contributed by atoms with Crippen LogP contribution in [-0.4, -0.2) is 55.3 Å². The van der Waals surface area contributed by atoms with Gasteiger partial charge >= 0.3 is 0 Å². The van der Waals surface area contributed by atoms with E-state index in [-0.39, 0.29) is 66.4 Å². The van der Waals surface area contributed by atoms with E-state index < -0.39 is 29.5 Å². The van der Waals surface area contributed by atoms with E-state index in [4.69, 9.17) is 18.9 Å². The molecule has 15 heteroatoms. The third kappa shape index (κ3) is 9.57. The summed E-state index contributed by atoms with van der Waals surface area (Å²) in [5, 5.41) is 18.9. The topological polar surface area (TPSA) is 180 Å². The van der Waals surface area contributed by atoms with Gasteiger partial charge in [-0.15, -0.1) is 0 Å². The highest BCUT2D eigenvalue weighted by Crippen LogP contribution is 2.34. The van der Waals surface area contributed by atoms with E-state index in [0.29, 0.717) is 23.0 Å². The first kappa shape index (κ1) is 40.4. The lowest BCUT2D eigenvalue weighted by molar-refractivity contribution is 0.322. The number of aromatic hydroxyl groups is 2. The highest BCUT2D eigenvalue weighted by Gasteiger charge is 2.24. The minimum absolute atomic E-state index is 0.00338. The summed E-state index contributed by atoms with van der Waals surface area (Å²) in [6, 6.07) is 32.4. The van der Waals surface area contributed by atoms with Crippen molar-refractivity contribution in [1.29, 1.82) is 0 Å². The molecule has 0 aliphatic carbocycles. The smallest absolute Gasteiger partial charge is 0.210 e. The minimum atomic E-state index is -4.03. The second kappa shape index (κ2) is 17.2. The molecule has 0 saturated heterocycles. The van der Waals surface area contributed by atoms with E-state index in [1.54, 1.807) is 31.2 Å². The second-order valence-electron chi connectivity index (χ2n) is 12.1. The van der Waals surface area contributed by atoms with E-state index in [1.807, 2.05) is 0 Å². The Kier molecular flexibility index (Phi) is 12.2. The van der Waals surface area contributed by atoms with Gasteiger partial charge < -0.3 is 29.2 Å². The summed E-state index contributed by atoms with van der Waals surface area (Å²) in [7, 11) is -11.6. The minimum Gasteiger partial charge on any atom is -0.508 e. The Morgan fingerprint density at radius 3 is 1.21 bits per heavy atom. The fourth-order valence-corrected chi connectivity index (χ4v) is 9.27. The maximum atomic E-state index is 13.7. The van der Waals surface area contributed by atoms with Crippen LogP contribution < -0.4 is 18.9 Å². The summed E-state index contributed by atoms with van der Waals surface area (Å²) in [5.41, 5.74) is 0. The summed E-state index contributed by atoms with van der Waals surface area (Å²) in [4.78, 5) is 0.161. The molecule has 57 heavy (non-hydrogen) atoms. The Labute approximate surface area is 330 Å². The third-order valence-corrected chi connectivity index (χ3v) is 13.7. The SMILES string of the molecule is CCOc1cc(OC/C=C/COc2ccc(S(=O)(=O)c3ccc(O)cc3)cc2)ccc1S(=O)(=O)c1ccc(Oc2ccc(S(=O)(=O)c3ccc(O)cc3)cc2)cc1. The maximum absolute atomic E-state index is 13.7. The summed E-state index contributed by atoms with van der Waals surface area (Å²) in [6.07, 6.45) is 3.43. The Morgan fingerprint density at radius 1 is 0.439 bits per heavy atom. The van der Waals surface area contributed by atoms with E-state index in [1.165, 1.54) is 127 Å². The fourth-order valence-electron chi connectivity index (χ4n) is 5.37. The summed E-state index contributed by atoms with van der Waals surface area (Å²) in [5.74, 6) is 1.52. The third-order valence-electron chi connectivity index (χ3n) is 8.30.